The highest BCUT2D eigenvalue weighted by atomic mass is 16.5. The lowest BCUT2D eigenvalue weighted by molar-refractivity contribution is 0.0956. The first-order chi connectivity index (χ1) is 15.0. The van der Waals surface area contributed by atoms with E-state index in [2.05, 4.69) is 15.8 Å². The smallest absolute Gasteiger partial charge is 0.273 e. The first-order valence-electron chi connectivity index (χ1n) is 9.53. The highest BCUT2D eigenvalue weighted by molar-refractivity contribution is 6.09. The summed E-state index contributed by atoms with van der Waals surface area (Å²) in [5.41, 5.74) is 5.47. The van der Waals surface area contributed by atoms with Gasteiger partial charge in [0.25, 0.3) is 11.8 Å². The van der Waals surface area contributed by atoms with E-state index < -0.39 is 11.8 Å². The van der Waals surface area contributed by atoms with E-state index in [0.717, 1.165) is 11.1 Å². The number of methoxy groups -OCH3 is 2. The van der Waals surface area contributed by atoms with Gasteiger partial charge in [0.2, 0.25) is 0 Å². The first kappa shape index (κ1) is 21.6. The van der Waals surface area contributed by atoms with E-state index in [1.807, 2.05) is 31.2 Å². The summed E-state index contributed by atoms with van der Waals surface area (Å²) < 4.78 is 10.4. The van der Waals surface area contributed by atoms with Gasteiger partial charge in [-0.25, -0.2) is 5.43 Å². The zero-order chi connectivity index (χ0) is 22.2. The number of nitrogens with zero attached hydrogens (tertiary/aromatic N) is 1. The molecule has 0 atom stereocenters. The molecule has 7 heteroatoms. The number of amides is 2. The number of para-hydroxylation sites is 1. The summed E-state index contributed by atoms with van der Waals surface area (Å²) in [7, 11) is 3.01. The molecule has 3 aromatic rings. The molecule has 0 spiro atoms. The molecular weight excluding hydrogens is 394 g/mol. The lowest BCUT2D eigenvalue weighted by Crippen LogP contribution is -2.21. The Morgan fingerprint density at radius 1 is 0.871 bits per heavy atom. The Hall–Kier alpha value is -4.13. The van der Waals surface area contributed by atoms with Crippen LogP contribution >= 0.6 is 0 Å². The van der Waals surface area contributed by atoms with Gasteiger partial charge >= 0.3 is 0 Å². The van der Waals surface area contributed by atoms with Gasteiger partial charge in [-0.05, 0) is 36.8 Å². The van der Waals surface area contributed by atoms with Gasteiger partial charge in [-0.15, -0.1) is 0 Å². The van der Waals surface area contributed by atoms with Crippen molar-refractivity contribution in [3.05, 3.63) is 89.0 Å². The number of hydrogen-bond acceptors (Lipinski definition) is 5. The Labute approximate surface area is 180 Å². The van der Waals surface area contributed by atoms with E-state index in [1.54, 1.807) is 48.7 Å². The van der Waals surface area contributed by atoms with Crippen molar-refractivity contribution in [2.75, 3.05) is 19.5 Å². The molecule has 0 aromatic heterocycles. The van der Waals surface area contributed by atoms with Crippen LogP contribution in [-0.2, 0) is 0 Å². The molecule has 3 aromatic carbocycles. The summed E-state index contributed by atoms with van der Waals surface area (Å²) in [6, 6.07) is 19.3. The maximum atomic E-state index is 12.8. The second kappa shape index (κ2) is 10.1. The largest absolute Gasteiger partial charge is 0.497 e. The Kier molecular flexibility index (Phi) is 7.01. The van der Waals surface area contributed by atoms with Gasteiger partial charge in [-0.3, -0.25) is 9.59 Å². The molecule has 2 N–H and O–H groups in total. The van der Waals surface area contributed by atoms with Crippen molar-refractivity contribution < 1.29 is 19.1 Å². The summed E-state index contributed by atoms with van der Waals surface area (Å²) in [4.78, 5) is 25.4. The van der Waals surface area contributed by atoms with Gasteiger partial charge in [0.1, 0.15) is 11.5 Å². The Balaban J connectivity index is 1.74. The third-order valence-electron chi connectivity index (χ3n) is 4.49. The molecule has 3 rings (SSSR count). The van der Waals surface area contributed by atoms with Crippen LogP contribution in [0, 0.1) is 6.92 Å². The predicted molar refractivity (Wildman–Crippen MR) is 120 cm³/mol. The SMILES string of the molecule is COc1cc(OC)cc(C(=O)Nc2ccccc2C(=O)N/N=C/c2ccc(C)cc2)c1. The molecule has 0 bridgehead atoms. The Bertz CT molecular complexity index is 1090. The summed E-state index contributed by atoms with van der Waals surface area (Å²) in [6.07, 6.45) is 1.56. The van der Waals surface area contributed by atoms with Crippen LogP contribution in [0.15, 0.2) is 71.8 Å². The minimum absolute atomic E-state index is 0.284. The van der Waals surface area contributed by atoms with Gasteiger partial charge < -0.3 is 14.8 Å². The number of carbonyl (C=O) groups excluding carboxylic acids is 2. The van der Waals surface area contributed by atoms with E-state index in [-0.39, 0.29) is 5.56 Å². The Morgan fingerprint density at radius 3 is 2.16 bits per heavy atom. The number of hydrazone groups is 1. The average Bonchev–Trinajstić information content (AvgIpc) is 2.80. The van der Waals surface area contributed by atoms with Crippen LogP contribution in [-0.4, -0.2) is 32.2 Å². The first-order valence-corrected chi connectivity index (χ1v) is 9.53. The second-order valence-corrected chi connectivity index (χ2v) is 6.71. The van der Waals surface area contributed by atoms with Gasteiger partial charge in [-0.2, -0.15) is 5.10 Å². The van der Waals surface area contributed by atoms with Crippen LogP contribution in [0.2, 0.25) is 0 Å². The maximum Gasteiger partial charge on any atom is 0.273 e. The van der Waals surface area contributed by atoms with Crippen molar-refractivity contribution in [2.45, 2.75) is 6.92 Å². The minimum Gasteiger partial charge on any atom is -0.497 e. The molecule has 0 aliphatic rings. The van der Waals surface area contributed by atoms with Crippen LogP contribution in [0.25, 0.3) is 0 Å². The molecule has 7 nitrogen and oxygen atoms in total. The number of hydrogen-bond donors (Lipinski definition) is 2. The summed E-state index contributed by atoms with van der Waals surface area (Å²) in [5.74, 6) is 0.130. The number of rotatable bonds is 7. The molecule has 0 radical (unpaired) electrons. The fraction of sp³-hybridized carbons (Fsp3) is 0.125. The van der Waals surface area contributed by atoms with Gasteiger partial charge in [-0.1, -0.05) is 42.0 Å². The van der Waals surface area contributed by atoms with Gasteiger partial charge in [0.05, 0.1) is 31.7 Å². The van der Waals surface area contributed by atoms with Crippen molar-refractivity contribution in [2.24, 2.45) is 5.10 Å². The standard InChI is InChI=1S/C24H23N3O4/c1-16-8-10-17(11-9-16)15-25-27-24(29)21-6-4-5-7-22(21)26-23(28)18-12-19(30-2)14-20(13-18)31-3/h4-15H,1-3H3,(H,26,28)(H,27,29)/b25-15+. The number of carbonyl (C=O) groups is 2. The van der Waals surface area contributed by atoms with Crippen molar-refractivity contribution in [1.82, 2.24) is 5.43 Å². The summed E-state index contributed by atoms with van der Waals surface area (Å²) in [6.45, 7) is 2.00. The summed E-state index contributed by atoms with van der Waals surface area (Å²) >= 11 is 0. The third kappa shape index (κ3) is 5.70. The van der Waals surface area contributed by atoms with Crippen molar-refractivity contribution in [3.8, 4) is 11.5 Å². The third-order valence-corrected chi connectivity index (χ3v) is 4.49. The molecule has 158 valence electrons. The van der Waals surface area contributed by atoms with E-state index >= 15 is 0 Å². The van der Waals surface area contributed by atoms with Crippen LogP contribution < -0.4 is 20.2 Å². The fourth-order valence-electron chi connectivity index (χ4n) is 2.80. The molecule has 0 aliphatic carbocycles. The quantitative estimate of drug-likeness (QED) is 0.449. The second-order valence-electron chi connectivity index (χ2n) is 6.71. The molecule has 0 aliphatic heterocycles. The molecule has 0 fully saturated rings. The van der Waals surface area contributed by atoms with E-state index in [4.69, 9.17) is 9.47 Å². The fourth-order valence-corrected chi connectivity index (χ4v) is 2.80. The molecule has 2 amide bonds. The van der Waals surface area contributed by atoms with E-state index in [1.165, 1.54) is 14.2 Å². The lowest BCUT2D eigenvalue weighted by atomic mass is 10.1. The minimum atomic E-state index is -0.442. The summed E-state index contributed by atoms with van der Waals surface area (Å²) in [5, 5.41) is 6.76. The zero-order valence-electron chi connectivity index (χ0n) is 17.5. The van der Waals surface area contributed by atoms with E-state index in [9.17, 15) is 9.59 Å². The Morgan fingerprint density at radius 2 is 1.52 bits per heavy atom. The highest BCUT2D eigenvalue weighted by Gasteiger charge is 2.15. The number of benzene rings is 3. The molecule has 0 saturated carbocycles. The monoisotopic (exact) mass is 417 g/mol. The number of nitrogens with one attached hydrogen (secondary N) is 2. The average molecular weight is 417 g/mol. The van der Waals surface area contributed by atoms with E-state index in [0.29, 0.717) is 22.7 Å². The van der Waals surface area contributed by atoms with Crippen molar-refractivity contribution >= 4 is 23.7 Å². The van der Waals surface area contributed by atoms with Crippen LogP contribution in [0.1, 0.15) is 31.8 Å². The van der Waals surface area contributed by atoms with Gasteiger partial charge in [0.15, 0.2) is 0 Å². The molecular formula is C24H23N3O4. The van der Waals surface area contributed by atoms with Gasteiger partial charge in [0, 0.05) is 11.6 Å². The highest BCUT2D eigenvalue weighted by Crippen LogP contribution is 2.24. The van der Waals surface area contributed by atoms with Crippen LogP contribution in [0.3, 0.4) is 0 Å². The van der Waals surface area contributed by atoms with Crippen molar-refractivity contribution in [3.63, 3.8) is 0 Å². The molecule has 31 heavy (non-hydrogen) atoms. The lowest BCUT2D eigenvalue weighted by Gasteiger charge is -2.12. The number of aryl methyl sites for hydroxylation is 1. The number of ether oxygens (including phenoxy) is 2. The molecule has 0 unspecified atom stereocenters. The molecule has 0 heterocycles. The normalized spacial score (nSPS) is 10.5. The van der Waals surface area contributed by atoms with Crippen molar-refractivity contribution in [1.29, 1.82) is 0 Å². The van der Waals surface area contributed by atoms with Crippen LogP contribution in [0.5, 0.6) is 11.5 Å². The molecule has 0 saturated heterocycles. The maximum absolute atomic E-state index is 12.8. The predicted octanol–water partition coefficient (Wildman–Crippen LogP) is 4.03. The van der Waals surface area contributed by atoms with Crippen LogP contribution in [0.4, 0.5) is 5.69 Å². The zero-order valence-corrected chi connectivity index (χ0v) is 17.5. The topological polar surface area (TPSA) is 89.0 Å². The number of anilines is 1.